The summed E-state index contributed by atoms with van der Waals surface area (Å²) in [5.41, 5.74) is 1.64. The highest BCUT2D eigenvalue weighted by Crippen LogP contribution is 2.34. The highest BCUT2D eigenvalue weighted by atomic mass is 79.9. The fourth-order valence-electron chi connectivity index (χ4n) is 2.26. The second-order valence-electron chi connectivity index (χ2n) is 4.49. The number of halogens is 1. The number of benzene rings is 1. The van der Waals surface area contributed by atoms with Gasteiger partial charge in [0.1, 0.15) is 11.5 Å². The minimum absolute atomic E-state index is 0.126. The third-order valence-corrected chi connectivity index (χ3v) is 3.68. The predicted octanol–water partition coefficient (Wildman–Crippen LogP) is 3.77. The van der Waals surface area contributed by atoms with Gasteiger partial charge >= 0.3 is 0 Å². The maximum atomic E-state index is 12.5. The van der Waals surface area contributed by atoms with Gasteiger partial charge in [-0.1, -0.05) is 22.9 Å². The van der Waals surface area contributed by atoms with Gasteiger partial charge in [0.15, 0.2) is 5.76 Å². The van der Waals surface area contributed by atoms with Crippen LogP contribution in [0.3, 0.4) is 0 Å². The molecule has 4 heteroatoms. The summed E-state index contributed by atoms with van der Waals surface area (Å²) in [6.07, 6.45) is 1.62. The fourth-order valence-corrected chi connectivity index (χ4v) is 2.77. The van der Waals surface area contributed by atoms with Crippen LogP contribution in [0.5, 0.6) is 5.75 Å². The molecular formula is C15H13BrO3. The molecule has 0 saturated heterocycles. The Kier molecular flexibility index (Phi) is 3.19. The molecule has 1 aromatic heterocycles. The number of rotatable bonds is 3. The molecule has 3 rings (SSSR count). The first-order chi connectivity index (χ1) is 9.19. The number of furan rings is 1. The standard InChI is InChI=1S/C15H13BrO3/c1-2-11-3-4-13(19-11)14(17)12-8-10(16)7-9-5-6-18-15(9)12/h3-4,7-8H,2,5-6H2,1H3. The maximum Gasteiger partial charge on any atom is 0.231 e. The van der Waals surface area contributed by atoms with Crippen molar-refractivity contribution >= 4 is 21.7 Å². The molecule has 98 valence electrons. The number of carbonyl (C=O) groups excluding carboxylic acids is 1. The first kappa shape index (κ1) is 12.5. The van der Waals surface area contributed by atoms with E-state index in [2.05, 4.69) is 15.9 Å². The number of fused-ring (bicyclic) bond motifs is 1. The van der Waals surface area contributed by atoms with Crippen molar-refractivity contribution in [2.75, 3.05) is 6.61 Å². The summed E-state index contributed by atoms with van der Waals surface area (Å²) >= 11 is 3.44. The topological polar surface area (TPSA) is 39.4 Å². The van der Waals surface area contributed by atoms with E-state index >= 15 is 0 Å². The Balaban J connectivity index is 2.04. The zero-order valence-electron chi connectivity index (χ0n) is 10.5. The second kappa shape index (κ2) is 4.85. The SMILES string of the molecule is CCc1ccc(C(=O)c2cc(Br)cc3c2OCC3)o1. The van der Waals surface area contributed by atoms with Crippen LogP contribution in [0.25, 0.3) is 0 Å². The molecule has 0 spiro atoms. The Bertz CT molecular complexity index is 643. The third-order valence-electron chi connectivity index (χ3n) is 3.23. The Labute approximate surface area is 119 Å². The zero-order chi connectivity index (χ0) is 13.4. The summed E-state index contributed by atoms with van der Waals surface area (Å²) in [4.78, 5) is 12.5. The average Bonchev–Trinajstić information content (AvgIpc) is 3.04. The molecule has 19 heavy (non-hydrogen) atoms. The molecule has 0 bridgehead atoms. The van der Waals surface area contributed by atoms with Crippen LogP contribution in [0.2, 0.25) is 0 Å². The molecule has 2 heterocycles. The summed E-state index contributed by atoms with van der Waals surface area (Å²) < 4.78 is 12.0. The first-order valence-electron chi connectivity index (χ1n) is 6.27. The molecule has 1 aliphatic heterocycles. The second-order valence-corrected chi connectivity index (χ2v) is 5.40. The first-order valence-corrected chi connectivity index (χ1v) is 7.07. The van der Waals surface area contributed by atoms with Crippen molar-refractivity contribution in [2.45, 2.75) is 19.8 Å². The maximum absolute atomic E-state index is 12.5. The molecule has 3 nitrogen and oxygen atoms in total. The van der Waals surface area contributed by atoms with E-state index in [1.54, 1.807) is 12.1 Å². The van der Waals surface area contributed by atoms with Crippen LogP contribution >= 0.6 is 15.9 Å². The van der Waals surface area contributed by atoms with Gasteiger partial charge in [-0.2, -0.15) is 0 Å². The number of ether oxygens (including phenoxy) is 1. The van der Waals surface area contributed by atoms with Crippen molar-refractivity contribution in [1.82, 2.24) is 0 Å². The molecule has 0 amide bonds. The van der Waals surface area contributed by atoms with Gasteiger partial charge in [-0.05, 0) is 29.8 Å². The van der Waals surface area contributed by atoms with E-state index < -0.39 is 0 Å². The molecule has 2 aromatic rings. The van der Waals surface area contributed by atoms with Crippen molar-refractivity contribution in [3.8, 4) is 5.75 Å². The molecule has 0 unspecified atom stereocenters. The van der Waals surface area contributed by atoms with E-state index in [4.69, 9.17) is 9.15 Å². The smallest absolute Gasteiger partial charge is 0.231 e. The van der Waals surface area contributed by atoms with Crippen molar-refractivity contribution in [3.63, 3.8) is 0 Å². The van der Waals surface area contributed by atoms with E-state index in [1.165, 1.54) is 0 Å². The lowest BCUT2D eigenvalue weighted by atomic mass is 10.0. The summed E-state index contributed by atoms with van der Waals surface area (Å²) in [7, 11) is 0. The molecule has 0 aliphatic carbocycles. The largest absolute Gasteiger partial charge is 0.492 e. The number of carbonyl (C=O) groups is 1. The highest BCUT2D eigenvalue weighted by Gasteiger charge is 2.24. The van der Waals surface area contributed by atoms with Crippen molar-refractivity contribution in [3.05, 3.63) is 51.4 Å². The van der Waals surface area contributed by atoms with Gasteiger partial charge in [0, 0.05) is 17.3 Å². The molecule has 0 N–H and O–H groups in total. The molecule has 0 radical (unpaired) electrons. The molecule has 1 aliphatic rings. The van der Waals surface area contributed by atoms with Gasteiger partial charge < -0.3 is 9.15 Å². The molecule has 0 fully saturated rings. The molecule has 0 atom stereocenters. The van der Waals surface area contributed by atoms with Crippen LogP contribution in [0, 0.1) is 0 Å². The minimum Gasteiger partial charge on any atom is -0.492 e. The number of hydrogen-bond donors (Lipinski definition) is 0. The van der Waals surface area contributed by atoms with Crippen LogP contribution < -0.4 is 4.74 Å². The highest BCUT2D eigenvalue weighted by molar-refractivity contribution is 9.10. The van der Waals surface area contributed by atoms with Gasteiger partial charge in [-0.25, -0.2) is 0 Å². The van der Waals surface area contributed by atoms with E-state index in [-0.39, 0.29) is 5.78 Å². The lowest BCUT2D eigenvalue weighted by molar-refractivity contribution is 0.100. The Morgan fingerprint density at radius 1 is 1.37 bits per heavy atom. The normalized spacial score (nSPS) is 13.2. The van der Waals surface area contributed by atoms with Crippen LogP contribution in [-0.4, -0.2) is 12.4 Å². The predicted molar refractivity (Wildman–Crippen MR) is 74.9 cm³/mol. The summed E-state index contributed by atoms with van der Waals surface area (Å²) in [5, 5.41) is 0. The van der Waals surface area contributed by atoms with Gasteiger partial charge in [0.05, 0.1) is 12.2 Å². The van der Waals surface area contributed by atoms with Crippen molar-refractivity contribution in [1.29, 1.82) is 0 Å². The van der Waals surface area contributed by atoms with Gasteiger partial charge in [-0.15, -0.1) is 0 Å². The lowest BCUT2D eigenvalue weighted by Crippen LogP contribution is -2.02. The number of hydrogen-bond acceptors (Lipinski definition) is 3. The van der Waals surface area contributed by atoms with Crippen LogP contribution in [0.4, 0.5) is 0 Å². The summed E-state index contributed by atoms with van der Waals surface area (Å²) in [6, 6.07) is 7.36. The Hall–Kier alpha value is -1.55. The number of ketones is 1. The van der Waals surface area contributed by atoms with Crippen LogP contribution in [0.15, 0.2) is 33.2 Å². The van der Waals surface area contributed by atoms with E-state index in [1.807, 2.05) is 19.1 Å². The fraction of sp³-hybridized carbons (Fsp3) is 0.267. The van der Waals surface area contributed by atoms with Crippen molar-refractivity contribution < 1.29 is 13.9 Å². The monoisotopic (exact) mass is 320 g/mol. The Morgan fingerprint density at radius 2 is 2.21 bits per heavy atom. The van der Waals surface area contributed by atoms with E-state index in [0.29, 0.717) is 23.7 Å². The van der Waals surface area contributed by atoms with E-state index in [0.717, 1.165) is 28.6 Å². The van der Waals surface area contributed by atoms with Gasteiger partial charge in [0.25, 0.3) is 0 Å². The van der Waals surface area contributed by atoms with Gasteiger partial charge in [0.2, 0.25) is 5.78 Å². The zero-order valence-corrected chi connectivity index (χ0v) is 12.1. The summed E-state index contributed by atoms with van der Waals surface area (Å²) in [6.45, 7) is 2.62. The Morgan fingerprint density at radius 3 is 2.95 bits per heavy atom. The van der Waals surface area contributed by atoms with E-state index in [9.17, 15) is 4.79 Å². The van der Waals surface area contributed by atoms with Crippen LogP contribution in [-0.2, 0) is 12.8 Å². The lowest BCUT2D eigenvalue weighted by Gasteiger charge is -2.06. The minimum atomic E-state index is -0.126. The quantitative estimate of drug-likeness (QED) is 0.808. The van der Waals surface area contributed by atoms with Crippen molar-refractivity contribution in [2.24, 2.45) is 0 Å². The molecule has 0 saturated carbocycles. The number of aryl methyl sites for hydroxylation is 1. The van der Waals surface area contributed by atoms with Crippen LogP contribution in [0.1, 0.15) is 34.4 Å². The average molecular weight is 321 g/mol. The summed E-state index contributed by atoms with van der Waals surface area (Å²) in [5.74, 6) is 1.75. The third kappa shape index (κ3) is 2.21. The molecular weight excluding hydrogens is 308 g/mol. The van der Waals surface area contributed by atoms with Gasteiger partial charge in [-0.3, -0.25) is 4.79 Å². The molecule has 1 aromatic carbocycles.